The summed E-state index contributed by atoms with van der Waals surface area (Å²) in [6.45, 7) is -0.200. The monoisotopic (exact) mass is 339 g/mol. The molecule has 10 heteroatoms. The maximum Gasteiger partial charge on any atom is 0.332 e. The van der Waals surface area contributed by atoms with E-state index in [9.17, 15) is 25.8 Å². The molecule has 0 saturated carbocycles. The van der Waals surface area contributed by atoms with Gasteiger partial charge in [0.2, 0.25) is 10.0 Å². The summed E-state index contributed by atoms with van der Waals surface area (Å²) in [5, 5.41) is 9.21. The lowest BCUT2D eigenvalue weighted by Gasteiger charge is -2.33. The lowest BCUT2D eigenvalue weighted by atomic mass is 10.3. The maximum atomic E-state index is 13.0. The third-order valence-electron chi connectivity index (χ3n) is 3.08. The normalized spacial score (nSPS) is 21.3. The van der Waals surface area contributed by atoms with E-state index in [0.717, 1.165) is 22.5 Å². The largest absolute Gasteiger partial charge is 0.395 e. The molecule has 118 valence electrons. The highest BCUT2D eigenvalue weighted by molar-refractivity contribution is 7.89. The fourth-order valence-electron chi connectivity index (χ4n) is 2.02. The number of rotatable bonds is 4. The van der Waals surface area contributed by atoms with Crippen molar-refractivity contribution in [2.75, 3.05) is 26.4 Å². The molecule has 1 aliphatic heterocycles. The van der Waals surface area contributed by atoms with Crippen molar-refractivity contribution in [2.45, 2.75) is 15.8 Å². The Bertz CT molecular complexity index is 718. The Labute approximate surface area is 122 Å². The van der Waals surface area contributed by atoms with E-state index in [4.69, 9.17) is 4.74 Å². The smallest absolute Gasteiger partial charge is 0.332 e. The van der Waals surface area contributed by atoms with Gasteiger partial charge in [0.25, 0.3) is 0 Å². The number of aliphatic hydroxyl groups is 1. The Kier molecular flexibility index (Phi) is 4.63. The standard InChI is InChI=1S/C11H14FNO6S2/c12-20(15,16)10-2-1-3-11(6-10)21(17,18)13-4-5-19-8-9(13)7-14/h1-3,6,9,14H,4-5,7-8H2. The molecule has 1 fully saturated rings. The second kappa shape index (κ2) is 5.97. The Morgan fingerprint density at radius 2 is 1.95 bits per heavy atom. The van der Waals surface area contributed by atoms with Crippen molar-refractivity contribution in [3.8, 4) is 0 Å². The first-order chi connectivity index (χ1) is 9.76. The van der Waals surface area contributed by atoms with E-state index in [0.29, 0.717) is 0 Å². The number of aliphatic hydroxyl groups excluding tert-OH is 1. The molecular formula is C11H14FNO6S2. The maximum absolute atomic E-state index is 13.0. The minimum atomic E-state index is -4.99. The van der Waals surface area contributed by atoms with Crippen LogP contribution in [0.1, 0.15) is 0 Å². The van der Waals surface area contributed by atoms with Crippen molar-refractivity contribution in [1.29, 1.82) is 0 Å². The molecule has 2 rings (SSSR count). The average molecular weight is 339 g/mol. The van der Waals surface area contributed by atoms with E-state index in [2.05, 4.69) is 0 Å². The van der Waals surface area contributed by atoms with Gasteiger partial charge in [0, 0.05) is 6.54 Å². The Hall–Kier alpha value is -1.07. The summed E-state index contributed by atoms with van der Waals surface area (Å²) in [6.07, 6.45) is 0. The van der Waals surface area contributed by atoms with Gasteiger partial charge in [0.1, 0.15) is 0 Å². The van der Waals surface area contributed by atoms with E-state index in [1.807, 2.05) is 0 Å². The molecule has 0 bridgehead atoms. The molecule has 1 atom stereocenters. The molecule has 1 aliphatic rings. The third-order valence-corrected chi connectivity index (χ3v) is 5.84. The second-order valence-electron chi connectivity index (χ2n) is 4.44. The molecule has 0 aromatic heterocycles. The highest BCUT2D eigenvalue weighted by Crippen LogP contribution is 2.23. The zero-order valence-corrected chi connectivity index (χ0v) is 12.5. The summed E-state index contributed by atoms with van der Waals surface area (Å²) in [7, 11) is -9.04. The van der Waals surface area contributed by atoms with Gasteiger partial charge in [-0.05, 0) is 18.2 Å². The van der Waals surface area contributed by atoms with Crippen molar-refractivity contribution in [3.05, 3.63) is 24.3 Å². The molecule has 21 heavy (non-hydrogen) atoms. The van der Waals surface area contributed by atoms with Gasteiger partial charge in [0.05, 0.1) is 35.7 Å². The molecule has 0 radical (unpaired) electrons. The van der Waals surface area contributed by atoms with Crippen LogP contribution in [0.25, 0.3) is 0 Å². The van der Waals surface area contributed by atoms with E-state index in [1.54, 1.807) is 0 Å². The predicted octanol–water partition coefficient (Wildman–Crippen LogP) is -0.273. The van der Waals surface area contributed by atoms with Crippen molar-refractivity contribution in [2.24, 2.45) is 0 Å². The van der Waals surface area contributed by atoms with E-state index < -0.39 is 37.8 Å². The Morgan fingerprint density at radius 3 is 2.57 bits per heavy atom. The fourth-order valence-corrected chi connectivity index (χ4v) is 4.24. The first-order valence-corrected chi connectivity index (χ1v) is 8.84. The molecule has 0 amide bonds. The minimum absolute atomic E-state index is 0.0279. The number of morpholine rings is 1. The summed E-state index contributed by atoms with van der Waals surface area (Å²) in [5.41, 5.74) is 0. The van der Waals surface area contributed by atoms with Gasteiger partial charge in [-0.15, -0.1) is 3.89 Å². The van der Waals surface area contributed by atoms with Crippen LogP contribution in [0, 0.1) is 0 Å². The molecule has 1 heterocycles. The van der Waals surface area contributed by atoms with Gasteiger partial charge in [-0.25, -0.2) is 8.42 Å². The van der Waals surface area contributed by atoms with Gasteiger partial charge in [-0.1, -0.05) is 6.07 Å². The van der Waals surface area contributed by atoms with Crippen LogP contribution in [-0.4, -0.2) is 58.7 Å². The zero-order valence-electron chi connectivity index (χ0n) is 10.8. The van der Waals surface area contributed by atoms with Crippen LogP contribution in [0.4, 0.5) is 3.89 Å². The van der Waals surface area contributed by atoms with Gasteiger partial charge < -0.3 is 9.84 Å². The highest BCUT2D eigenvalue weighted by Gasteiger charge is 2.34. The molecule has 1 unspecified atom stereocenters. The minimum Gasteiger partial charge on any atom is -0.395 e. The number of halogens is 1. The fraction of sp³-hybridized carbons (Fsp3) is 0.455. The van der Waals surface area contributed by atoms with Crippen molar-refractivity contribution >= 4 is 20.2 Å². The molecule has 1 aromatic carbocycles. The number of hydrogen-bond donors (Lipinski definition) is 1. The van der Waals surface area contributed by atoms with Crippen LogP contribution >= 0.6 is 0 Å². The molecule has 1 N–H and O–H groups in total. The lowest BCUT2D eigenvalue weighted by molar-refractivity contribution is 0.0109. The Balaban J connectivity index is 2.44. The molecular weight excluding hydrogens is 325 g/mol. The number of sulfonamides is 1. The number of ether oxygens (including phenoxy) is 1. The van der Waals surface area contributed by atoms with E-state index >= 15 is 0 Å². The van der Waals surface area contributed by atoms with Crippen molar-refractivity contribution in [1.82, 2.24) is 4.31 Å². The predicted molar refractivity (Wildman–Crippen MR) is 70.3 cm³/mol. The van der Waals surface area contributed by atoms with Crippen LogP contribution in [0.5, 0.6) is 0 Å². The van der Waals surface area contributed by atoms with Crippen LogP contribution in [-0.2, 0) is 25.0 Å². The molecule has 0 aliphatic carbocycles. The summed E-state index contributed by atoms with van der Waals surface area (Å²) in [6, 6.07) is 3.29. The topological polar surface area (TPSA) is 101 Å². The lowest BCUT2D eigenvalue weighted by Crippen LogP contribution is -2.50. The van der Waals surface area contributed by atoms with E-state index in [1.165, 1.54) is 6.07 Å². The summed E-state index contributed by atoms with van der Waals surface area (Å²) >= 11 is 0. The zero-order chi connectivity index (χ0) is 15.7. The molecule has 7 nitrogen and oxygen atoms in total. The summed E-state index contributed by atoms with van der Waals surface area (Å²) < 4.78 is 65.8. The van der Waals surface area contributed by atoms with Crippen LogP contribution in [0.2, 0.25) is 0 Å². The third kappa shape index (κ3) is 3.40. The first-order valence-electron chi connectivity index (χ1n) is 6.02. The average Bonchev–Trinajstić information content (AvgIpc) is 2.46. The molecule has 1 aromatic rings. The van der Waals surface area contributed by atoms with Crippen molar-refractivity contribution < 1.29 is 30.6 Å². The Morgan fingerprint density at radius 1 is 1.29 bits per heavy atom. The second-order valence-corrected chi connectivity index (χ2v) is 7.68. The van der Waals surface area contributed by atoms with Gasteiger partial charge in [-0.3, -0.25) is 0 Å². The summed E-state index contributed by atoms with van der Waals surface area (Å²) in [5.74, 6) is 0. The van der Waals surface area contributed by atoms with Gasteiger partial charge in [0.15, 0.2) is 0 Å². The molecule has 0 spiro atoms. The van der Waals surface area contributed by atoms with Crippen molar-refractivity contribution in [3.63, 3.8) is 0 Å². The van der Waals surface area contributed by atoms with Crippen LogP contribution in [0.3, 0.4) is 0 Å². The number of nitrogens with zero attached hydrogens (tertiary/aromatic N) is 1. The molecule has 1 saturated heterocycles. The highest BCUT2D eigenvalue weighted by atomic mass is 32.3. The van der Waals surface area contributed by atoms with Crippen LogP contribution < -0.4 is 0 Å². The van der Waals surface area contributed by atoms with Gasteiger partial charge >= 0.3 is 10.2 Å². The van der Waals surface area contributed by atoms with E-state index in [-0.39, 0.29) is 24.7 Å². The number of benzene rings is 1. The van der Waals surface area contributed by atoms with Gasteiger partial charge in [-0.2, -0.15) is 12.7 Å². The quantitative estimate of drug-likeness (QED) is 0.758. The van der Waals surface area contributed by atoms with Crippen LogP contribution in [0.15, 0.2) is 34.1 Å². The SMILES string of the molecule is O=S(=O)(F)c1cccc(S(=O)(=O)N2CCOCC2CO)c1. The number of hydrogen-bond acceptors (Lipinski definition) is 6. The first kappa shape index (κ1) is 16.3. The summed E-state index contributed by atoms with van der Waals surface area (Å²) in [4.78, 5) is -1.07.